The van der Waals surface area contributed by atoms with Gasteiger partial charge >= 0.3 is 5.69 Å². The molecule has 3 aliphatic rings. The number of aliphatic hydroxyl groups excluding tert-OH is 1. The Morgan fingerprint density at radius 2 is 1.81 bits per heavy atom. The number of para-hydroxylation sites is 1. The molecule has 3 aromatic rings. The lowest BCUT2D eigenvalue weighted by atomic mass is 10.0. The maximum absolute atomic E-state index is 12.2. The van der Waals surface area contributed by atoms with Gasteiger partial charge in [-0.25, -0.2) is 4.79 Å². The molecule has 6 rings (SSSR count). The number of ether oxygens (including phenoxy) is 1. The lowest BCUT2D eigenvalue weighted by molar-refractivity contribution is -0.115. The number of amidine groups is 1. The fraction of sp³-hybridized carbons (Fsp3) is 0.467. The van der Waals surface area contributed by atoms with Crippen molar-refractivity contribution in [2.24, 2.45) is 4.99 Å². The molecule has 11 nitrogen and oxygen atoms in total. The highest BCUT2D eigenvalue weighted by molar-refractivity contribution is 8.28. The number of piperidine rings is 1. The molecule has 4 heterocycles. The van der Waals surface area contributed by atoms with E-state index in [1.807, 2.05) is 6.07 Å². The van der Waals surface area contributed by atoms with Crippen LogP contribution in [-0.2, 0) is 4.79 Å². The standard InChI is InChI=1S/C30H39N7O4S/c1-35-13-15-37(16-14-35)30-33-27(39)20-42(30)19-21-5-7-23(8-6-21)36-11-9-22(10-12-36)31-17-24(38)18-41-26-4-2-3-25-28(26)34-29(40)32-25/h2-8,19,22,24,31,38H,9-18,20H2,1H3,(H2,32,34,40)/t24-,42?/m0/s1. The number of anilines is 1. The third-order valence-electron chi connectivity index (χ3n) is 8.13. The number of carbonyl (C=O) groups excluding carboxylic acids is 1. The van der Waals surface area contributed by atoms with E-state index in [0.29, 0.717) is 35.1 Å². The molecule has 3 aliphatic heterocycles. The second kappa shape index (κ2) is 12.8. The molecule has 0 radical (unpaired) electrons. The number of hydrogen-bond acceptors (Lipinski definition) is 8. The minimum Gasteiger partial charge on any atom is -0.489 e. The quantitative estimate of drug-likeness (QED) is 0.289. The van der Waals surface area contributed by atoms with Crippen molar-refractivity contribution >= 4 is 43.6 Å². The zero-order valence-electron chi connectivity index (χ0n) is 23.9. The molecule has 224 valence electrons. The summed E-state index contributed by atoms with van der Waals surface area (Å²) in [5, 5.41) is 17.1. The van der Waals surface area contributed by atoms with Crippen molar-refractivity contribution in [3.05, 3.63) is 58.5 Å². The summed E-state index contributed by atoms with van der Waals surface area (Å²) in [6.45, 7) is 6.30. The number of aliphatic imine (C=N–C) groups is 1. The van der Waals surface area contributed by atoms with E-state index >= 15 is 0 Å². The molecule has 0 bridgehead atoms. The van der Waals surface area contributed by atoms with Crippen LogP contribution in [0.25, 0.3) is 11.0 Å². The fourth-order valence-electron chi connectivity index (χ4n) is 5.69. The first-order valence-corrected chi connectivity index (χ1v) is 16.1. The molecule has 1 amide bonds. The van der Waals surface area contributed by atoms with Crippen molar-refractivity contribution in [2.45, 2.75) is 25.0 Å². The molecular formula is C30H39N7O4S. The van der Waals surface area contributed by atoms with Gasteiger partial charge in [-0.3, -0.25) is 4.79 Å². The molecule has 2 atom stereocenters. The van der Waals surface area contributed by atoms with Crippen molar-refractivity contribution in [3.8, 4) is 5.75 Å². The second-order valence-electron chi connectivity index (χ2n) is 11.3. The zero-order valence-corrected chi connectivity index (χ0v) is 24.7. The maximum Gasteiger partial charge on any atom is 0.323 e. The number of amides is 1. The Kier molecular flexibility index (Phi) is 8.75. The molecule has 2 saturated heterocycles. The van der Waals surface area contributed by atoms with Gasteiger partial charge in [0.15, 0.2) is 5.17 Å². The van der Waals surface area contributed by atoms with Crippen LogP contribution in [0.15, 0.2) is 52.3 Å². The van der Waals surface area contributed by atoms with Gasteiger partial charge in [-0.05, 0) is 55.1 Å². The molecule has 0 aliphatic carbocycles. The maximum atomic E-state index is 12.2. The van der Waals surface area contributed by atoms with Gasteiger partial charge in [0.05, 0.1) is 11.3 Å². The number of fused-ring (bicyclic) bond motifs is 1. The molecule has 2 fully saturated rings. The van der Waals surface area contributed by atoms with Crippen molar-refractivity contribution in [2.75, 3.05) is 70.1 Å². The van der Waals surface area contributed by atoms with E-state index in [9.17, 15) is 14.7 Å². The topological polar surface area (TPSA) is 129 Å². The highest BCUT2D eigenvalue weighted by atomic mass is 32.2. The van der Waals surface area contributed by atoms with E-state index in [4.69, 9.17) is 4.74 Å². The van der Waals surface area contributed by atoms with Gasteiger partial charge in [-0.15, -0.1) is 10.5 Å². The first-order valence-electron chi connectivity index (χ1n) is 14.6. The van der Waals surface area contributed by atoms with Crippen molar-refractivity contribution < 1.29 is 14.6 Å². The van der Waals surface area contributed by atoms with Crippen LogP contribution in [0.1, 0.15) is 18.4 Å². The number of H-pyrrole nitrogens is 2. The Balaban J connectivity index is 0.961. The zero-order chi connectivity index (χ0) is 29.1. The van der Waals surface area contributed by atoms with E-state index in [2.05, 4.69) is 71.7 Å². The summed E-state index contributed by atoms with van der Waals surface area (Å²) in [5.74, 6) is 1.01. The average molecular weight is 594 g/mol. The summed E-state index contributed by atoms with van der Waals surface area (Å²) in [6.07, 6.45) is 1.31. The van der Waals surface area contributed by atoms with Crippen LogP contribution in [0.2, 0.25) is 0 Å². The Morgan fingerprint density at radius 3 is 2.57 bits per heavy atom. The van der Waals surface area contributed by atoms with Crippen molar-refractivity contribution in [1.29, 1.82) is 0 Å². The van der Waals surface area contributed by atoms with Gasteiger partial charge in [-0.2, -0.15) is 4.99 Å². The monoisotopic (exact) mass is 593 g/mol. The number of aromatic nitrogens is 2. The van der Waals surface area contributed by atoms with E-state index in [1.165, 1.54) is 5.69 Å². The smallest absolute Gasteiger partial charge is 0.323 e. The lowest BCUT2D eigenvalue weighted by Gasteiger charge is -2.34. The number of carbonyl (C=O) groups is 1. The predicted octanol–water partition coefficient (Wildman–Crippen LogP) is 1.42. The first-order chi connectivity index (χ1) is 20.4. The minimum atomic E-state index is -0.662. The Labute approximate surface area is 247 Å². The number of aliphatic hydroxyl groups is 1. The number of benzene rings is 2. The van der Waals surface area contributed by atoms with Gasteiger partial charge in [0.25, 0.3) is 5.91 Å². The van der Waals surface area contributed by atoms with E-state index in [1.54, 1.807) is 12.1 Å². The van der Waals surface area contributed by atoms with E-state index < -0.39 is 6.10 Å². The highest BCUT2D eigenvalue weighted by Crippen LogP contribution is 2.28. The summed E-state index contributed by atoms with van der Waals surface area (Å²) < 4.78 is 5.79. The van der Waals surface area contributed by atoms with Crippen molar-refractivity contribution in [3.63, 3.8) is 0 Å². The number of nitrogens with zero attached hydrogens (tertiary/aromatic N) is 4. The summed E-state index contributed by atoms with van der Waals surface area (Å²) in [7, 11) is 1.85. The van der Waals surface area contributed by atoms with Gasteiger partial charge in [-0.1, -0.05) is 18.2 Å². The van der Waals surface area contributed by atoms with Crippen LogP contribution in [0.3, 0.4) is 0 Å². The van der Waals surface area contributed by atoms with Gasteiger partial charge in [0.1, 0.15) is 24.0 Å². The van der Waals surface area contributed by atoms with Crippen LogP contribution in [0.5, 0.6) is 5.75 Å². The van der Waals surface area contributed by atoms with Crippen LogP contribution < -0.4 is 20.6 Å². The Bertz CT molecular complexity index is 1520. The lowest BCUT2D eigenvalue weighted by Crippen LogP contribution is -2.46. The summed E-state index contributed by atoms with van der Waals surface area (Å²) in [5.41, 5.74) is 3.34. The minimum absolute atomic E-state index is 0.0106. The third kappa shape index (κ3) is 6.78. The molecule has 42 heavy (non-hydrogen) atoms. The molecule has 12 heteroatoms. The number of aromatic amines is 2. The number of hydrogen-bond donors (Lipinski definition) is 4. The number of imidazole rings is 1. The molecule has 1 unspecified atom stereocenters. The second-order valence-corrected chi connectivity index (χ2v) is 13.0. The summed E-state index contributed by atoms with van der Waals surface area (Å²) in [6, 6.07) is 14.4. The van der Waals surface area contributed by atoms with Crippen LogP contribution in [0, 0.1) is 0 Å². The normalized spacial score (nSPS) is 21.3. The Hall–Kier alpha value is -3.45. The summed E-state index contributed by atoms with van der Waals surface area (Å²) >= 11 is 0. The average Bonchev–Trinajstić information content (AvgIpc) is 3.57. The largest absolute Gasteiger partial charge is 0.489 e. The first kappa shape index (κ1) is 28.7. The third-order valence-corrected chi connectivity index (χ3v) is 10.1. The van der Waals surface area contributed by atoms with Crippen LogP contribution in [-0.4, -0.2) is 119 Å². The molecular weight excluding hydrogens is 554 g/mol. The molecule has 2 aromatic carbocycles. The number of piperazine rings is 1. The number of nitrogens with one attached hydrogen (secondary N) is 3. The SMILES string of the molecule is CN1CCN(C2=NC(=O)CS2=Cc2ccc(N3CCC(NC[C@H](O)COc4cccc5[nH]c(=O)[nH]c45)CC3)cc2)CC1. The van der Waals surface area contributed by atoms with Gasteiger partial charge in [0.2, 0.25) is 0 Å². The molecule has 1 aromatic heterocycles. The molecule has 4 N–H and O–H groups in total. The number of rotatable bonds is 8. The predicted molar refractivity (Wildman–Crippen MR) is 169 cm³/mol. The summed E-state index contributed by atoms with van der Waals surface area (Å²) in [4.78, 5) is 40.6. The van der Waals surface area contributed by atoms with Crippen LogP contribution in [0.4, 0.5) is 5.69 Å². The molecule has 0 spiro atoms. The highest BCUT2D eigenvalue weighted by Gasteiger charge is 2.27. The van der Waals surface area contributed by atoms with E-state index in [-0.39, 0.29) is 28.7 Å². The van der Waals surface area contributed by atoms with Gasteiger partial charge < -0.3 is 39.8 Å². The Morgan fingerprint density at radius 1 is 1.05 bits per heavy atom. The van der Waals surface area contributed by atoms with Crippen LogP contribution >= 0.6 is 10.5 Å². The van der Waals surface area contributed by atoms with E-state index in [0.717, 1.165) is 62.8 Å². The fourth-order valence-corrected chi connectivity index (χ4v) is 7.56. The molecule has 0 saturated carbocycles. The van der Waals surface area contributed by atoms with Gasteiger partial charge in [0, 0.05) is 57.5 Å². The van der Waals surface area contributed by atoms with Crippen molar-refractivity contribution in [1.82, 2.24) is 25.1 Å². The number of likely N-dealkylation sites (N-methyl/N-ethyl adjacent to an activating group) is 1.